The Morgan fingerprint density at radius 1 is 1.29 bits per heavy atom. The van der Waals surface area contributed by atoms with Crippen LogP contribution in [0.2, 0.25) is 0 Å². The van der Waals surface area contributed by atoms with Gasteiger partial charge < -0.3 is 5.32 Å². The Balaban J connectivity index is 2.71. The number of hydrogen-bond donors (Lipinski definition) is 1. The van der Waals surface area contributed by atoms with E-state index in [-0.39, 0.29) is 23.7 Å². The number of halogens is 3. The molecule has 0 aromatic heterocycles. The third-order valence-electron chi connectivity index (χ3n) is 2.16. The molecule has 7 heteroatoms. The first-order valence-corrected chi connectivity index (χ1v) is 7.56. The van der Waals surface area contributed by atoms with Gasteiger partial charge in [0.15, 0.2) is 9.84 Å². The predicted molar refractivity (Wildman–Crippen MR) is 66.9 cm³/mol. The molecule has 0 saturated heterocycles. The van der Waals surface area contributed by atoms with Crippen LogP contribution < -0.4 is 5.32 Å². The summed E-state index contributed by atoms with van der Waals surface area (Å²) in [6.07, 6.45) is 0. The Morgan fingerprint density at radius 2 is 1.82 bits per heavy atom. The van der Waals surface area contributed by atoms with Crippen LogP contribution in [-0.2, 0) is 9.84 Å². The summed E-state index contributed by atoms with van der Waals surface area (Å²) in [7, 11) is -3.14. The van der Waals surface area contributed by atoms with Crippen LogP contribution in [0.25, 0.3) is 0 Å². The van der Waals surface area contributed by atoms with Crippen molar-refractivity contribution in [2.24, 2.45) is 0 Å². The van der Waals surface area contributed by atoms with Crippen molar-refractivity contribution >= 4 is 31.5 Å². The molecule has 1 rings (SSSR count). The fourth-order valence-corrected chi connectivity index (χ4v) is 2.29. The molecule has 0 radical (unpaired) electrons. The van der Waals surface area contributed by atoms with Gasteiger partial charge in [0.1, 0.15) is 17.3 Å². The molecule has 1 aromatic rings. The Labute approximate surface area is 107 Å². The van der Waals surface area contributed by atoms with E-state index in [1.54, 1.807) is 0 Å². The van der Waals surface area contributed by atoms with Crippen molar-refractivity contribution in [2.75, 3.05) is 23.4 Å². The molecule has 3 nitrogen and oxygen atoms in total. The fourth-order valence-electron chi connectivity index (χ4n) is 1.19. The van der Waals surface area contributed by atoms with Gasteiger partial charge in [-0.05, 0) is 12.1 Å². The first-order chi connectivity index (χ1) is 7.85. The lowest BCUT2D eigenvalue weighted by atomic mass is 10.3. The van der Waals surface area contributed by atoms with Crippen LogP contribution in [0.1, 0.15) is 6.92 Å². The summed E-state index contributed by atoms with van der Waals surface area (Å²) in [6, 6.07) is 2.22. The maximum atomic E-state index is 13.3. The molecule has 0 atom stereocenters. The lowest BCUT2D eigenvalue weighted by Crippen LogP contribution is -2.18. The summed E-state index contributed by atoms with van der Waals surface area (Å²) < 4.78 is 49.3. The van der Waals surface area contributed by atoms with Gasteiger partial charge in [0.25, 0.3) is 0 Å². The molecular weight excluding hydrogens is 316 g/mol. The van der Waals surface area contributed by atoms with E-state index in [9.17, 15) is 17.2 Å². The van der Waals surface area contributed by atoms with Gasteiger partial charge >= 0.3 is 0 Å². The minimum atomic E-state index is -3.14. The van der Waals surface area contributed by atoms with Crippen molar-refractivity contribution in [2.45, 2.75) is 6.92 Å². The van der Waals surface area contributed by atoms with Crippen LogP contribution in [0.3, 0.4) is 0 Å². The van der Waals surface area contributed by atoms with E-state index in [4.69, 9.17) is 0 Å². The van der Waals surface area contributed by atoms with E-state index in [1.165, 1.54) is 6.92 Å². The largest absolute Gasteiger partial charge is 0.379 e. The average Bonchev–Trinajstić information content (AvgIpc) is 2.22. The Kier molecular flexibility index (Phi) is 4.88. The molecule has 0 bridgehead atoms. The molecular formula is C10H12BrF2NO2S. The zero-order valence-corrected chi connectivity index (χ0v) is 11.5. The normalized spacial score (nSPS) is 11.5. The fraction of sp³-hybridized carbons (Fsp3) is 0.400. The first kappa shape index (κ1) is 14.4. The molecule has 1 aromatic carbocycles. The second-order valence-corrected chi connectivity index (χ2v) is 6.80. The topological polar surface area (TPSA) is 46.2 Å². The van der Waals surface area contributed by atoms with E-state index in [2.05, 4.69) is 21.2 Å². The smallest absolute Gasteiger partial charge is 0.151 e. The van der Waals surface area contributed by atoms with Gasteiger partial charge in [0.2, 0.25) is 0 Å². The minimum absolute atomic E-state index is 0.0139. The first-order valence-electron chi connectivity index (χ1n) is 4.94. The average molecular weight is 328 g/mol. The van der Waals surface area contributed by atoms with Gasteiger partial charge in [0, 0.05) is 16.8 Å². The highest BCUT2D eigenvalue weighted by atomic mass is 79.9. The molecule has 0 aliphatic heterocycles. The van der Waals surface area contributed by atoms with E-state index in [1.807, 2.05) is 0 Å². The van der Waals surface area contributed by atoms with Crippen LogP contribution in [0.15, 0.2) is 16.6 Å². The summed E-state index contributed by atoms with van der Waals surface area (Å²) in [5.41, 5.74) is -0.306. The summed E-state index contributed by atoms with van der Waals surface area (Å²) in [5, 5.41) is 2.45. The van der Waals surface area contributed by atoms with Crippen LogP contribution in [0.4, 0.5) is 14.5 Å². The second kappa shape index (κ2) is 5.77. The molecule has 0 aliphatic carbocycles. The highest BCUT2D eigenvalue weighted by Crippen LogP contribution is 2.23. The molecule has 0 saturated carbocycles. The summed E-state index contributed by atoms with van der Waals surface area (Å²) in [6.45, 7) is 1.50. The van der Waals surface area contributed by atoms with E-state index >= 15 is 0 Å². The van der Waals surface area contributed by atoms with Crippen molar-refractivity contribution in [1.29, 1.82) is 0 Å². The van der Waals surface area contributed by atoms with Crippen LogP contribution in [0.5, 0.6) is 0 Å². The third-order valence-corrected chi connectivity index (χ3v) is 4.33. The zero-order valence-electron chi connectivity index (χ0n) is 9.13. The standard InChI is InChI=1S/C10H12BrF2NO2S/c1-2-17(15,16)4-3-14-10-8(12)5-7(11)6-9(10)13/h5-6,14H,2-4H2,1H3. The van der Waals surface area contributed by atoms with Gasteiger partial charge in [0.05, 0.1) is 5.75 Å². The Morgan fingerprint density at radius 3 is 2.29 bits per heavy atom. The van der Waals surface area contributed by atoms with Crippen LogP contribution in [0, 0.1) is 11.6 Å². The SMILES string of the molecule is CCS(=O)(=O)CCNc1c(F)cc(Br)cc1F. The maximum Gasteiger partial charge on any atom is 0.151 e. The van der Waals surface area contributed by atoms with Crippen LogP contribution in [-0.4, -0.2) is 26.5 Å². The predicted octanol–water partition coefficient (Wildman–Crippen LogP) is 2.57. The van der Waals surface area contributed by atoms with Crippen molar-refractivity contribution in [3.05, 3.63) is 28.2 Å². The number of rotatable bonds is 5. The van der Waals surface area contributed by atoms with Crippen molar-refractivity contribution < 1.29 is 17.2 Å². The van der Waals surface area contributed by atoms with Gasteiger partial charge in [-0.3, -0.25) is 0 Å². The highest BCUT2D eigenvalue weighted by Gasteiger charge is 2.12. The molecule has 0 spiro atoms. The lowest BCUT2D eigenvalue weighted by Gasteiger charge is -2.09. The molecule has 0 amide bonds. The van der Waals surface area contributed by atoms with Crippen molar-refractivity contribution in [1.82, 2.24) is 0 Å². The van der Waals surface area contributed by atoms with Gasteiger partial charge in [-0.15, -0.1) is 0 Å². The number of nitrogens with one attached hydrogen (secondary N) is 1. The zero-order chi connectivity index (χ0) is 13.1. The molecule has 1 N–H and O–H groups in total. The number of sulfone groups is 1. The monoisotopic (exact) mass is 327 g/mol. The van der Waals surface area contributed by atoms with E-state index < -0.39 is 21.5 Å². The lowest BCUT2D eigenvalue weighted by molar-refractivity contribution is 0.585. The highest BCUT2D eigenvalue weighted by molar-refractivity contribution is 9.10. The Hall–Kier alpha value is -0.690. The second-order valence-electron chi connectivity index (χ2n) is 3.41. The molecule has 17 heavy (non-hydrogen) atoms. The molecule has 0 aliphatic rings. The molecule has 0 fully saturated rings. The van der Waals surface area contributed by atoms with Crippen LogP contribution >= 0.6 is 15.9 Å². The molecule has 96 valence electrons. The van der Waals surface area contributed by atoms with Crippen molar-refractivity contribution in [3.63, 3.8) is 0 Å². The van der Waals surface area contributed by atoms with Gasteiger partial charge in [-0.1, -0.05) is 22.9 Å². The number of anilines is 1. The minimum Gasteiger partial charge on any atom is -0.379 e. The summed E-state index contributed by atoms with van der Waals surface area (Å²) in [4.78, 5) is 0. The van der Waals surface area contributed by atoms with E-state index in [0.717, 1.165) is 12.1 Å². The third kappa shape index (κ3) is 4.23. The quantitative estimate of drug-likeness (QED) is 0.904. The number of benzene rings is 1. The summed E-state index contributed by atoms with van der Waals surface area (Å²) in [5.74, 6) is -1.66. The maximum absolute atomic E-state index is 13.3. The van der Waals surface area contributed by atoms with Crippen molar-refractivity contribution in [3.8, 4) is 0 Å². The van der Waals surface area contributed by atoms with E-state index in [0.29, 0.717) is 4.47 Å². The molecule has 0 unspecified atom stereocenters. The Bertz CT molecular complexity index is 482. The van der Waals surface area contributed by atoms with Gasteiger partial charge in [-0.2, -0.15) is 0 Å². The summed E-state index contributed by atoms with van der Waals surface area (Å²) >= 11 is 2.95. The van der Waals surface area contributed by atoms with Gasteiger partial charge in [-0.25, -0.2) is 17.2 Å². The molecule has 0 heterocycles. The number of hydrogen-bond acceptors (Lipinski definition) is 3.